The Morgan fingerprint density at radius 3 is 2.32 bits per heavy atom. The van der Waals surface area contributed by atoms with Crippen molar-refractivity contribution in [3.63, 3.8) is 0 Å². The number of rotatable bonds is 8. The molecule has 0 saturated carbocycles. The second-order valence-electron chi connectivity index (χ2n) is 8.99. The van der Waals surface area contributed by atoms with Crippen LogP contribution in [0, 0.1) is 5.92 Å². The average Bonchev–Trinajstić information content (AvgIpc) is 3.17. The maximum Gasteiger partial charge on any atom is 0.415 e. The topological polar surface area (TPSA) is 122 Å². The van der Waals surface area contributed by atoms with E-state index in [0.717, 1.165) is 5.56 Å². The summed E-state index contributed by atoms with van der Waals surface area (Å²) in [7, 11) is 0. The molecule has 180 valence electrons. The molecular weight excluding hydrogens is 440 g/mol. The Balaban J connectivity index is 1.61. The lowest BCUT2D eigenvalue weighted by atomic mass is 9.92. The highest BCUT2D eigenvalue weighted by molar-refractivity contribution is 6.04. The van der Waals surface area contributed by atoms with Crippen molar-refractivity contribution in [2.24, 2.45) is 5.92 Å². The molecule has 1 saturated heterocycles. The van der Waals surface area contributed by atoms with E-state index in [2.05, 4.69) is 5.32 Å². The second kappa shape index (κ2) is 10.4. The number of carbonyl (C=O) groups excluding carboxylic acids is 3. The quantitative estimate of drug-likeness (QED) is 0.568. The highest BCUT2D eigenvalue weighted by Gasteiger charge is 2.42. The highest BCUT2D eigenvalue weighted by atomic mass is 16.6. The lowest BCUT2D eigenvalue weighted by Crippen LogP contribution is -2.37. The van der Waals surface area contributed by atoms with Crippen LogP contribution in [0.5, 0.6) is 0 Å². The molecular formula is C25H28N2O7. The van der Waals surface area contributed by atoms with Gasteiger partial charge in [0.25, 0.3) is 0 Å². The molecule has 1 fully saturated rings. The lowest BCUT2D eigenvalue weighted by Gasteiger charge is -2.19. The van der Waals surface area contributed by atoms with Crippen LogP contribution < -0.4 is 10.2 Å². The number of ketones is 1. The largest absolute Gasteiger partial charge is 0.481 e. The van der Waals surface area contributed by atoms with Crippen molar-refractivity contribution in [3.8, 4) is 0 Å². The van der Waals surface area contributed by atoms with Crippen molar-refractivity contribution in [3.05, 3.63) is 65.7 Å². The van der Waals surface area contributed by atoms with E-state index in [4.69, 9.17) is 9.47 Å². The van der Waals surface area contributed by atoms with Gasteiger partial charge in [-0.3, -0.25) is 14.5 Å². The fraction of sp³-hybridized carbons (Fsp3) is 0.360. The number of carboxylic acid groups (broad SMARTS) is 1. The molecule has 1 unspecified atom stereocenters. The van der Waals surface area contributed by atoms with Gasteiger partial charge in [-0.15, -0.1) is 0 Å². The van der Waals surface area contributed by atoms with Gasteiger partial charge in [-0.25, -0.2) is 9.59 Å². The summed E-state index contributed by atoms with van der Waals surface area (Å²) in [4.78, 5) is 50.1. The number of aliphatic carboxylic acids is 1. The maximum atomic E-state index is 12.9. The van der Waals surface area contributed by atoms with Crippen LogP contribution in [0.4, 0.5) is 15.3 Å². The van der Waals surface area contributed by atoms with Crippen LogP contribution in [0.2, 0.25) is 0 Å². The van der Waals surface area contributed by atoms with Crippen LogP contribution in [0.1, 0.15) is 31.9 Å². The van der Waals surface area contributed by atoms with Gasteiger partial charge in [-0.05, 0) is 50.5 Å². The number of alkyl carbamates (subject to hydrolysis) is 1. The van der Waals surface area contributed by atoms with Gasteiger partial charge in [0.15, 0.2) is 11.9 Å². The van der Waals surface area contributed by atoms with Gasteiger partial charge in [0, 0.05) is 12.2 Å². The van der Waals surface area contributed by atoms with Gasteiger partial charge in [0.2, 0.25) is 0 Å². The van der Waals surface area contributed by atoms with E-state index in [1.54, 1.807) is 75.4 Å². The third-order valence-electron chi connectivity index (χ3n) is 5.14. The van der Waals surface area contributed by atoms with Gasteiger partial charge >= 0.3 is 18.2 Å². The Kier molecular flexibility index (Phi) is 7.55. The summed E-state index contributed by atoms with van der Waals surface area (Å²) in [6, 6.07) is 15.6. The Morgan fingerprint density at radius 1 is 1.09 bits per heavy atom. The van der Waals surface area contributed by atoms with E-state index in [9.17, 15) is 24.3 Å². The minimum atomic E-state index is -1.32. The van der Waals surface area contributed by atoms with Gasteiger partial charge in [0.1, 0.15) is 11.5 Å². The molecule has 9 nitrogen and oxygen atoms in total. The molecule has 2 N–H and O–H groups in total. The molecule has 3 rings (SSSR count). The fourth-order valence-electron chi connectivity index (χ4n) is 3.49. The summed E-state index contributed by atoms with van der Waals surface area (Å²) in [5, 5.41) is 12.2. The molecule has 0 spiro atoms. The number of nitrogens with zero attached hydrogens (tertiary/aromatic N) is 1. The third-order valence-corrected chi connectivity index (χ3v) is 5.14. The molecule has 1 aliphatic heterocycles. The Morgan fingerprint density at radius 2 is 1.74 bits per heavy atom. The molecule has 9 heteroatoms. The SMILES string of the molecule is CC(C)(C)OC(=O)NCc1ccc(N2CC(C(=O)[C@@H](Cc3ccccc3)C(=O)O)OC2=O)cc1. The first-order chi connectivity index (χ1) is 16.0. The smallest absolute Gasteiger partial charge is 0.415 e. The van der Waals surface area contributed by atoms with Gasteiger partial charge in [0.05, 0.1) is 6.54 Å². The zero-order valence-electron chi connectivity index (χ0n) is 19.3. The zero-order valence-corrected chi connectivity index (χ0v) is 19.3. The van der Waals surface area contributed by atoms with Crippen LogP contribution in [0.3, 0.4) is 0 Å². The van der Waals surface area contributed by atoms with Crippen molar-refractivity contribution in [1.29, 1.82) is 0 Å². The van der Waals surface area contributed by atoms with E-state index < -0.39 is 41.6 Å². The van der Waals surface area contributed by atoms with Gasteiger partial charge in [-0.2, -0.15) is 0 Å². The Bertz CT molecular complexity index is 1050. The second-order valence-corrected chi connectivity index (χ2v) is 8.99. The standard InChI is InChI=1S/C25H28N2O7/c1-25(2,3)34-23(31)26-14-17-9-11-18(12-10-17)27-15-20(33-24(27)32)21(28)19(22(29)30)13-16-7-5-4-6-8-16/h4-12,19-20H,13-15H2,1-3H3,(H,26,31)(H,29,30)/t19-,20?/m1/s1. The predicted octanol–water partition coefficient (Wildman–Crippen LogP) is 3.55. The summed E-state index contributed by atoms with van der Waals surface area (Å²) in [5.41, 5.74) is 1.39. The number of hydrogen-bond acceptors (Lipinski definition) is 6. The molecule has 0 aromatic heterocycles. The molecule has 0 aliphatic carbocycles. The molecule has 0 radical (unpaired) electrons. The molecule has 2 aromatic carbocycles. The van der Waals surface area contributed by atoms with Gasteiger partial charge < -0.3 is 19.9 Å². The molecule has 0 bridgehead atoms. The third kappa shape index (κ3) is 6.57. The normalized spacial score (nSPS) is 16.5. The Hall–Kier alpha value is -3.88. The van der Waals surface area contributed by atoms with Crippen molar-refractivity contribution < 1.29 is 33.8 Å². The van der Waals surface area contributed by atoms with E-state index in [1.807, 2.05) is 0 Å². The van der Waals surface area contributed by atoms with Crippen molar-refractivity contribution >= 4 is 29.6 Å². The number of Topliss-reactive ketones (excluding diaryl/α,β-unsaturated/α-hetero) is 1. The molecule has 34 heavy (non-hydrogen) atoms. The van der Waals surface area contributed by atoms with Gasteiger partial charge in [-0.1, -0.05) is 42.5 Å². The molecule has 1 heterocycles. The molecule has 2 amide bonds. The number of carbonyl (C=O) groups is 4. The number of cyclic esters (lactones) is 1. The van der Waals surface area contributed by atoms with E-state index in [1.165, 1.54) is 4.90 Å². The monoisotopic (exact) mass is 468 g/mol. The van der Waals surface area contributed by atoms with Crippen LogP contribution in [-0.4, -0.2) is 47.3 Å². The number of ether oxygens (including phenoxy) is 2. The number of hydrogen-bond donors (Lipinski definition) is 2. The first-order valence-electron chi connectivity index (χ1n) is 10.9. The van der Waals surface area contributed by atoms with Crippen LogP contribution >= 0.6 is 0 Å². The van der Waals surface area contributed by atoms with Crippen LogP contribution in [0.15, 0.2) is 54.6 Å². The fourth-order valence-corrected chi connectivity index (χ4v) is 3.49. The maximum absolute atomic E-state index is 12.9. The molecule has 1 aliphatic rings. The highest BCUT2D eigenvalue weighted by Crippen LogP contribution is 2.25. The van der Waals surface area contributed by atoms with Crippen LogP contribution in [-0.2, 0) is 32.0 Å². The summed E-state index contributed by atoms with van der Waals surface area (Å²) >= 11 is 0. The number of nitrogens with one attached hydrogen (secondary N) is 1. The number of amides is 2. The Labute approximate surface area is 197 Å². The summed E-state index contributed by atoms with van der Waals surface area (Å²) in [6.07, 6.45) is -2.42. The first kappa shape index (κ1) is 24.8. The summed E-state index contributed by atoms with van der Waals surface area (Å²) < 4.78 is 10.4. The number of benzene rings is 2. The minimum Gasteiger partial charge on any atom is -0.481 e. The molecule has 2 aromatic rings. The van der Waals surface area contributed by atoms with Crippen molar-refractivity contribution in [2.75, 3.05) is 11.4 Å². The number of anilines is 1. The van der Waals surface area contributed by atoms with Crippen molar-refractivity contribution in [2.45, 2.75) is 45.4 Å². The molecule has 2 atom stereocenters. The average molecular weight is 469 g/mol. The summed E-state index contributed by atoms with van der Waals surface area (Å²) in [5.74, 6) is -3.22. The predicted molar refractivity (Wildman–Crippen MR) is 123 cm³/mol. The van der Waals surface area contributed by atoms with E-state index in [-0.39, 0.29) is 19.5 Å². The van der Waals surface area contributed by atoms with E-state index in [0.29, 0.717) is 11.3 Å². The van der Waals surface area contributed by atoms with Crippen molar-refractivity contribution in [1.82, 2.24) is 5.32 Å². The lowest BCUT2D eigenvalue weighted by molar-refractivity contribution is -0.148. The van der Waals surface area contributed by atoms with Crippen LogP contribution in [0.25, 0.3) is 0 Å². The minimum absolute atomic E-state index is 0.0163. The van der Waals surface area contributed by atoms with E-state index >= 15 is 0 Å². The number of carboxylic acids is 1. The summed E-state index contributed by atoms with van der Waals surface area (Å²) in [6.45, 7) is 5.48. The zero-order chi connectivity index (χ0) is 24.9. The first-order valence-corrected chi connectivity index (χ1v) is 10.9.